The molecule has 1 aromatic carbocycles. The lowest BCUT2D eigenvalue weighted by atomic mass is 9.93. The van der Waals surface area contributed by atoms with Crippen LogP contribution in [0.25, 0.3) is 0 Å². The van der Waals surface area contributed by atoms with Crippen molar-refractivity contribution < 1.29 is 14.7 Å². The van der Waals surface area contributed by atoms with E-state index in [2.05, 4.69) is 26.2 Å². The Balaban J connectivity index is 2.14. The van der Waals surface area contributed by atoms with Crippen LogP contribution in [0.5, 0.6) is 0 Å². The van der Waals surface area contributed by atoms with Crippen molar-refractivity contribution in [3.8, 4) is 0 Å². The van der Waals surface area contributed by atoms with Gasteiger partial charge in [0.25, 0.3) is 0 Å². The molecule has 1 amide bonds. The summed E-state index contributed by atoms with van der Waals surface area (Å²) in [5, 5.41) is 11.6. The number of nitrogens with zero attached hydrogens (tertiary/aromatic N) is 2. The van der Waals surface area contributed by atoms with Crippen LogP contribution in [0.3, 0.4) is 0 Å². The van der Waals surface area contributed by atoms with Gasteiger partial charge in [-0.3, -0.25) is 14.9 Å². The second kappa shape index (κ2) is 6.31. The fraction of sp³-hybridized carbons (Fsp3) is 0.267. The molecule has 0 aliphatic heterocycles. The molecule has 0 saturated heterocycles. The van der Waals surface area contributed by atoms with Crippen molar-refractivity contribution in [3.63, 3.8) is 0 Å². The monoisotopic (exact) mass is 365 g/mol. The van der Waals surface area contributed by atoms with Gasteiger partial charge in [-0.2, -0.15) is 0 Å². The van der Waals surface area contributed by atoms with Gasteiger partial charge in [0.05, 0.1) is 6.54 Å². The molecule has 2 aromatic rings. The Labute approximate surface area is 136 Å². The van der Waals surface area contributed by atoms with Gasteiger partial charge in [-0.1, -0.05) is 28.1 Å². The van der Waals surface area contributed by atoms with Crippen LogP contribution in [-0.4, -0.2) is 26.5 Å². The van der Waals surface area contributed by atoms with Gasteiger partial charge in [0.15, 0.2) is 0 Å². The zero-order valence-electron chi connectivity index (χ0n) is 12.2. The topological polar surface area (TPSA) is 84.2 Å². The number of hydrogen-bond donors (Lipinski definition) is 2. The Kier molecular flexibility index (Phi) is 4.65. The van der Waals surface area contributed by atoms with Crippen molar-refractivity contribution in [2.45, 2.75) is 20.4 Å². The fourth-order valence-electron chi connectivity index (χ4n) is 1.70. The van der Waals surface area contributed by atoms with Crippen LogP contribution < -0.4 is 5.32 Å². The number of carbonyl (C=O) groups excluding carboxylic acids is 1. The van der Waals surface area contributed by atoms with Gasteiger partial charge in [-0.25, -0.2) is 4.98 Å². The van der Waals surface area contributed by atoms with Gasteiger partial charge < -0.3 is 9.67 Å². The first-order valence-electron chi connectivity index (χ1n) is 6.61. The first-order chi connectivity index (χ1) is 10.3. The number of halogens is 1. The largest absolute Gasteiger partial charge is 0.480 e. The summed E-state index contributed by atoms with van der Waals surface area (Å²) in [7, 11) is 0. The van der Waals surface area contributed by atoms with Crippen LogP contribution in [0, 0.1) is 5.41 Å². The number of nitrogens with one attached hydrogen (secondary N) is 1. The number of rotatable bonds is 5. The number of benzene rings is 1. The molecule has 0 saturated carbocycles. The summed E-state index contributed by atoms with van der Waals surface area (Å²) in [6.07, 6.45) is 3.29. The highest BCUT2D eigenvalue weighted by molar-refractivity contribution is 9.10. The lowest BCUT2D eigenvalue weighted by molar-refractivity contribution is -0.151. The fourth-order valence-corrected chi connectivity index (χ4v) is 1.97. The predicted molar refractivity (Wildman–Crippen MR) is 85.5 cm³/mol. The number of carbonyl (C=O) groups is 2. The van der Waals surface area contributed by atoms with E-state index in [4.69, 9.17) is 5.11 Å². The van der Waals surface area contributed by atoms with E-state index in [0.717, 1.165) is 10.0 Å². The average Bonchev–Trinajstić information content (AvgIpc) is 2.88. The van der Waals surface area contributed by atoms with Gasteiger partial charge in [-0.15, -0.1) is 0 Å². The molecule has 0 spiro atoms. The minimum atomic E-state index is -1.52. The summed E-state index contributed by atoms with van der Waals surface area (Å²) >= 11 is 3.37. The summed E-state index contributed by atoms with van der Waals surface area (Å²) in [5.74, 6) is -1.47. The van der Waals surface area contributed by atoms with E-state index in [0.29, 0.717) is 12.5 Å². The number of anilines is 1. The number of carboxylic acid groups (broad SMARTS) is 1. The summed E-state index contributed by atoms with van der Waals surface area (Å²) in [5.41, 5.74) is -0.483. The van der Waals surface area contributed by atoms with Gasteiger partial charge in [-0.05, 0) is 31.5 Å². The molecule has 2 N–H and O–H groups in total. The summed E-state index contributed by atoms with van der Waals surface area (Å²) in [6, 6.07) is 7.77. The van der Waals surface area contributed by atoms with Crippen LogP contribution in [-0.2, 0) is 16.1 Å². The number of imidazole rings is 1. The van der Waals surface area contributed by atoms with Crippen molar-refractivity contribution in [3.05, 3.63) is 46.7 Å². The number of aliphatic carboxylic acids is 1. The highest BCUT2D eigenvalue weighted by Gasteiger charge is 2.36. The van der Waals surface area contributed by atoms with Gasteiger partial charge >= 0.3 is 5.97 Å². The molecule has 0 atom stereocenters. The van der Waals surface area contributed by atoms with E-state index in [1.54, 1.807) is 17.0 Å². The third-order valence-electron chi connectivity index (χ3n) is 3.31. The molecular weight excluding hydrogens is 350 g/mol. The molecule has 7 heteroatoms. The average molecular weight is 366 g/mol. The highest BCUT2D eigenvalue weighted by Crippen LogP contribution is 2.19. The molecule has 22 heavy (non-hydrogen) atoms. The third kappa shape index (κ3) is 3.54. The second-order valence-electron chi connectivity index (χ2n) is 5.39. The van der Waals surface area contributed by atoms with Crippen LogP contribution in [0.1, 0.15) is 19.4 Å². The first kappa shape index (κ1) is 16.2. The zero-order chi connectivity index (χ0) is 16.3. The maximum absolute atomic E-state index is 12.1. The highest BCUT2D eigenvalue weighted by atomic mass is 79.9. The van der Waals surface area contributed by atoms with Gasteiger partial charge in [0.1, 0.15) is 5.41 Å². The molecule has 0 radical (unpaired) electrons. The SMILES string of the molecule is CC(C)(C(=O)O)C(=O)Nc1nccn1Cc1ccc(Br)cc1. The standard InChI is InChI=1S/C15H16BrN3O3/c1-15(2,13(21)22)12(20)18-14-17-7-8-19(14)9-10-3-5-11(16)6-4-10/h3-8H,9H2,1-2H3,(H,21,22)(H,17,18,20). The minimum Gasteiger partial charge on any atom is -0.480 e. The summed E-state index contributed by atoms with van der Waals surface area (Å²) < 4.78 is 2.73. The van der Waals surface area contributed by atoms with E-state index in [-0.39, 0.29) is 0 Å². The first-order valence-corrected chi connectivity index (χ1v) is 7.40. The van der Waals surface area contributed by atoms with Crippen LogP contribution in [0.2, 0.25) is 0 Å². The molecule has 6 nitrogen and oxygen atoms in total. The van der Waals surface area contributed by atoms with Crippen molar-refractivity contribution >= 4 is 33.8 Å². The number of carboxylic acids is 1. The van der Waals surface area contributed by atoms with E-state index < -0.39 is 17.3 Å². The van der Waals surface area contributed by atoms with Crippen molar-refractivity contribution in [1.82, 2.24) is 9.55 Å². The Morgan fingerprint density at radius 1 is 1.32 bits per heavy atom. The molecule has 0 aliphatic rings. The Morgan fingerprint density at radius 2 is 1.95 bits per heavy atom. The number of aromatic nitrogens is 2. The van der Waals surface area contributed by atoms with E-state index in [1.807, 2.05) is 24.3 Å². The molecular formula is C15H16BrN3O3. The zero-order valence-corrected chi connectivity index (χ0v) is 13.8. The van der Waals surface area contributed by atoms with Crippen molar-refractivity contribution in [2.24, 2.45) is 5.41 Å². The molecule has 1 heterocycles. The van der Waals surface area contributed by atoms with E-state index in [1.165, 1.54) is 13.8 Å². The minimum absolute atomic E-state index is 0.322. The maximum atomic E-state index is 12.1. The second-order valence-corrected chi connectivity index (χ2v) is 6.31. The summed E-state index contributed by atoms with van der Waals surface area (Å²) in [6.45, 7) is 3.23. The third-order valence-corrected chi connectivity index (χ3v) is 3.84. The Bertz CT molecular complexity index is 692. The number of amides is 1. The Hall–Kier alpha value is -2.15. The maximum Gasteiger partial charge on any atom is 0.318 e. The molecule has 116 valence electrons. The quantitative estimate of drug-likeness (QED) is 0.797. The van der Waals surface area contributed by atoms with Gasteiger partial charge in [0, 0.05) is 16.9 Å². The van der Waals surface area contributed by atoms with Crippen molar-refractivity contribution in [1.29, 1.82) is 0 Å². The molecule has 0 aliphatic carbocycles. The molecule has 0 bridgehead atoms. The van der Waals surface area contributed by atoms with Crippen LogP contribution in [0.4, 0.5) is 5.95 Å². The summed E-state index contributed by atoms with van der Waals surface area (Å²) in [4.78, 5) is 27.2. The predicted octanol–water partition coefficient (Wildman–Crippen LogP) is 2.74. The van der Waals surface area contributed by atoms with Crippen molar-refractivity contribution in [2.75, 3.05) is 5.32 Å². The van der Waals surface area contributed by atoms with Crippen LogP contribution in [0.15, 0.2) is 41.1 Å². The molecule has 1 aromatic heterocycles. The normalized spacial score (nSPS) is 11.2. The Morgan fingerprint density at radius 3 is 2.55 bits per heavy atom. The lowest BCUT2D eigenvalue weighted by Gasteiger charge is -2.18. The van der Waals surface area contributed by atoms with Crippen LogP contribution >= 0.6 is 15.9 Å². The molecule has 2 rings (SSSR count). The van der Waals surface area contributed by atoms with E-state index in [9.17, 15) is 9.59 Å². The smallest absolute Gasteiger partial charge is 0.318 e. The van der Waals surface area contributed by atoms with Gasteiger partial charge in [0.2, 0.25) is 11.9 Å². The molecule has 0 unspecified atom stereocenters. The lowest BCUT2D eigenvalue weighted by Crippen LogP contribution is -2.38. The molecule has 0 fully saturated rings. The van der Waals surface area contributed by atoms with E-state index >= 15 is 0 Å². The number of hydrogen-bond acceptors (Lipinski definition) is 3.